The molecular formula is C10H22N2O3. The lowest BCUT2D eigenvalue weighted by atomic mass is 10.2. The number of rotatable bonds is 5. The van der Waals surface area contributed by atoms with Crippen LogP contribution in [0.15, 0.2) is 0 Å². The van der Waals surface area contributed by atoms with Gasteiger partial charge in [0.05, 0.1) is 6.61 Å². The van der Waals surface area contributed by atoms with E-state index in [-0.39, 0.29) is 6.04 Å². The number of hydrogen-bond donors (Lipinski definition) is 2. The summed E-state index contributed by atoms with van der Waals surface area (Å²) in [5.41, 5.74) is 5.20. The van der Waals surface area contributed by atoms with Crippen molar-refractivity contribution in [1.29, 1.82) is 0 Å². The van der Waals surface area contributed by atoms with Crippen LogP contribution < -0.4 is 11.1 Å². The van der Waals surface area contributed by atoms with E-state index >= 15 is 0 Å². The second-order valence-electron chi connectivity index (χ2n) is 4.30. The second-order valence-corrected chi connectivity index (χ2v) is 4.30. The van der Waals surface area contributed by atoms with E-state index in [1.165, 1.54) is 0 Å². The molecule has 1 atom stereocenters. The first-order valence-corrected chi connectivity index (χ1v) is 5.15. The summed E-state index contributed by atoms with van der Waals surface area (Å²) in [4.78, 5) is 11.2. The quantitative estimate of drug-likeness (QED) is 0.718. The van der Waals surface area contributed by atoms with Gasteiger partial charge < -0.3 is 20.5 Å². The van der Waals surface area contributed by atoms with Gasteiger partial charge in [0.25, 0.3) is 0 Å². The van der Waals surface area contributed by atoms with Crippen LogP contribution in [0.4, 0.5) is 4.79 Å². The standard InChI is InChI=1S/C10H22N2O3/c1-5-14-7-8(11)6-12-9(13)15-10(2,3)4/h8H,5-7,11H2,1-4H3,(H,12,13). The summed E-state index contributed by atoms with van der Waals surface area (Å²) >= 11 is 0. The molecule has 3 N–H and O–H groups in total. The van der Waals surface area contributed by atoms with Crippen molar-refractivity contribution in [3.8, 4) is 0 Å². The smallest absolute Gasteiger partial charge is 0.407 e. The Morgan fingerprint density at radius 3 is 2.53 bits per heavy atom. The van der Waals surface area contributed by atoms with Crippen molar-refractivity contribution >= 4 is 6.09 Å². The number of alkyl carbamates (subject to hydrolysis) is 1. The number of amides is 1. The molecule has 0 radical (unpaired) electrons. The van der Waals surface area contributed by atoms with Crippen LogP contribution in [0.2, 0.25) is 0 Å². The molecule has 0 aliphatic heterocycles. The SMILES string of the molecule is CCOCC(N)CNC(=O)OC(C)(C)C. The molecule has 15 heavy (non-hydrogen) atoms. The Morgan fingerprint density at radius 1 is 1.47 bits per heavy atom. The van der Waals surface area contributed by atoms with Crippen molar-refractivity contribution in [3.05, 3.63) is 0 Å². The first kappa shape index (κ1) is 14.2. The fourth-order valence-electron chi connectivity index (χ4n) is 0.857. The van der Waals surface area contributed by atoms with Gasteiger partial charge in [-0.15, -0.1) is 0 Å². The van der Waals surface area contributed by atoms with E-state index in [4.69, 9.17) is 15.2 Å². The Hall–Kier alpha value is -0.810. The van der Waals surface area contributed by atoms with E-state index in [9.17, 15) is 4.79 Å². The van der Waals surface area contributed by atoms with Crippen LogP contribution in [0.1, 0.15) is 27.7 Å². The Balaban J connectivity index is 3.62. The molecule has 0 aliphatic rings. The molecule has 5 heteroatoms. The molecule has 0 aromatic heterocycles. The summed E-state index contributed by atoms with van der Waals surface area (Å²) in [6, 6.07) is -0.197. The third kappa shape index (κ3) is 9.49. The molecule has 0 aromatic carbocycles. The van der Waals surface area contributed by atoms with E-state index in [1.54, 1.807) is 0 Å². The fourth-order valence-corrected chi connectivity index (χ4v) is 0.857. The van der Waals surface area contributed by atoms with Crippen molar-refractivity contribution in [2.24, 2.45) is 5.73 Å². The molecule has 1 amide bonds. The average Bonchev–Trinajstić information content (AvgIpc) is 2.08. The lowest BCUT2D eigenvalue weighted by Crippen LogP contribution is -2.42. The van der Waals surface area contributed by atoms with Gasteiger partial charge in [0.1, 0.15) is 5.60 Å². The molecule has 1 unspecified atom stereocenters. The molecule has 0 aromatic rings. The van der Waals surface area contributed by atoms with Crippen molar-refractivity contribution in [1.82, 2.24) is 5.32 Å². The van der Waals surface area contributed by atoms with Gasteiger partial charge in [0, 0.05) is 19.2 Å². The number of nitrogens with two attached hydrogens (primary N) is 1. The van der Waals surface area contributed by atoms with Crippen LogP contribution >= 0.6 is 0 Å². The Labute approximate surface area is 91.3 Å². The summed E-state index contributed by atoms with van der Waals surface area (Å²) in [7, 11) is 0. The minimum Gasteiger partial charge on any atom is -0.444 e. The molecule has 0 bridgehead atoms. The first-order valence-electron chi connectivity index (χ1n) is 5.15. The number of carbonyl (C=O) groups excluding carboxylic acids is 1. The zero-order chi connectivity index (χ0) is 11.9. The lowest BCUT2D eigenvalue weighted by Gasteiger charge is -2.20. The predicted molar refractivity (Wildman–Crippen MR) is 58.7 cm³/mol. The molecular weight excluding hydrogens is 196 g/mol. The molecule has 0 fully saturated rings. The van der Waals surface area contributed by atoms with Crippen molar-refractivity contribution in [2.75, 3.05) is 19.8 Å². The van der Waals surface area contributed by atoms with Crippen molar-refractivity contribution < 1.29 is 14.3 Å². The number of ether oxygens (including phenoxy) is 2. The fraction of sp³-hybridized carbons (Fsp3) is 0.900. The summed E-state index contributed by atoms with van der Waals surface area (Å²) in [6.07, 6.45) is -0.450. The Morgan fingerprint density at radius 2 is 2.07 bits per heavy atom. The zero-order valence-corrected chi connectivity index (χ0v) is 10.0. The van der Waals surface area contributed by atoms with Crippen LogP contribution in [0.5, 0.6) is 0 Å². The van der Waals surface area contributed by atoms with Gasteiger partial charge in [0.2, 0.25) is 0 Å². The topological polar surface area (TPSA) is 73.6 Å². The van der Waals surface area contributed by atoms with E-state index in [0.717, 1.165) is 0 Å². The van der Waals surface area contributed by atoms with E-state index in [0.29, 0.717) is 19.8 Å². The summed E-state index contributed by atoms with van der Waals surface area (Å²) in [5, 5.41) is 2.58. The minimum atomic E-state index is -0.478. The summed E-state index contributed by atoms with van der Waals surface area (Å²) < 4.78 is 10.2. The van der Waals surface area contributed by atoms with Gasteiger partial charge in [-0.3, -0.25) is 0 Å². The molecule has 5 nitrogen and oxygen atoms in total. The van der Waals surface area contributed by atoms with Crippen molar-refractivity contribution in [2.45, 2.75) is 39.3 Å². The second kappa shape index (κ2) is 6.63. The highest BCUT2D eigenvalue weighted by molar-refractivity contribution is 5.67. The summed E-state index contributed by atoms with van der Waals surface area (Å²) in [6.45, 7) is 8.75. The molecule has 0 rings (SSSR count). The highest BCUT2D eigenvalue weighted by atomic mass is 16.6. The van der Waals surface area contributed by atoms with Gasteiger partial charge in [-0.25, -0.2) is 4.79 Å². The minimum absolute atomic E-state index is 0.197. The third-order valence-electron chi connectivity index (χ3n) is 1.44. The molecule has 0 heterocycles. The van der Waals surface area contributed by atoms with Crippen LogP contribution in [0, 0.1) is 0 Å². The maximum atomic E-state index is 11.2. The van der Waals surface area contributed by atoms with Crippen LogP contribution in [0.25, 0.3) is 0 Å². The largest absolute Gasteiger partial charge is 0.444 e. The monoisotopic (exact) mass is 218 g/mol. The lowest BCUT2D eigenvalue weighted by molar-refractivity contribution is 0.0515. The third-order valence-corrected chi connectivity index (χ3v) is 1.44. The molecule has 0 saturated carbocycles. The first-order chi connectivity index (χ1) is 6.85. The predicted octanol–water partition coefficient (Wildman–Crippen LogP) is 0.875. The summed E-state index contributed by atoms with van der Waals surface area (Å²) in [5.74, 6) is 0. The van der Waals surface area contributed by atoms with Gasteiger partial charge in [0.15, 0.2) is 0 Å². The Kier molecular flexibility index (Phi) is 6.27. The van der Waals surface area contributed by atoms with Crippen molar-refractivity contribution in [3.63, 3.8) is 0 Å². The molecule has 0 spiro atoms. The van der Waals surface area contributed by atoms with E-state index in [2.05, 4.69) is 5.32 Å². The highest BCUT2D eigenvalue weighted by Gasteiger charge is 2.16. The van der Waals surface area contributed by atoms with Crippen LogP contribution in [0.3, 0.4) is 0 Å². The molecule has 90 valence electrons. The normalized spacial score (nSPS) is 13.4. The van der Waals surface area contributed by atoms with Gasteiger partial charge in [-0.2, -0.15) is 0 Å². The van der Waals surface area contributed by atoms with E-state index < -0.39 is 11.7 Å². The van der Waals surface area contributed by atoms with Crippen LogP contribution in [-0.2, 0) is 9.47 Å². The number of nitrogens with one attached hydrogen (secondary N) is 1. The molecule has 0 saturated heterocycles. The number of hydrogen-bond acceptors (Lipinski definition) is 4. The van der Waals surface area contributed by atoms with Crippen LogP contribution in [-0.4, -0.2) is 37.5 Å². The van der Waals surface area contributed by atoms with Gasteiger partial charge in [-0.05, 0) is 27.7 Å². The number of carbonyl (C=O) groups is 1. The average molecular weight is 218 g/mol. The zero-order valence-electron chi connectivity index (χ0n) is 10.0. The van der Waals surface area contributed by atoms with Gasteiger partial charge in [-0.1, -0.05) is 0 Å². The van der Waals surface area contributed by atoms with E-state index in [1.807, 2.05) is 27.7 Å². The maximum absolute atomic E-state index is 11.2. The highest BCUT2D eigenvalue weighted by Crippen LogP contribution is 2.06. The Bertz CT molecular complexity index is 190. The van der Waals surface area contributed by atoms with Gasteiger partial charge >= 0.3 is 6.09 Å². The molecule has 0 aliphatic carbocycles. The maximum Gasteiger partial charge on any atom is 0.407 e.